The molecule has 4 heteroatoms. The topological polar surface area (TPSA) is 43.8 Å². The summed E-state index contributed by atoms with van der Waals surface area (Å²) in [6.45, 7) is 0. The number of benzene rings is 1. The first-order valence-electron chi connectivity index (χ1n) is 4.86. The third kappa shape index (κ3) is 1.33. The number of para-hydroxylation sites is 1. The number of thioether (sulfide) groups is 1. The average molecular weight is 217 g/mol. The van der Waals surface area contributed by atoms with Gasteiger partial charge in [0.1, 0.15) is 0 Å². The van der Waals surface area contributed by atoms with Gasteiger partial charge < -0.3 is 10.3 Å². The Hall–Kier alpha value is -1.42. The summed E-state index contributed by atoms with van der Waals surface area (Å²) in [6.07, 6.45) is 3.86. The van der Waals surface area contributed by atoms with Crippen LogP contribution in [0.5, 0.6) is 0 Å². The molecule has 1 aliphatic heterocycles. The number of nitrogens with zero attached hydrogens (tertiary/aromatic N) is 2. The zero-order valence-electron chi connectivity index (χ0n) is 8.13. The molecule has 0 amide bonds. The van der Waals surface area contributed by atoms with Crippen LogP contribution < -0.4 is 5.73 Å². The van der Waals surface area contributed by atoms with Crippen molar-refractivity contribution in [3.63, 3.8) is 0 Å². The fourth-order valence-electron chi connectivity index (χ4n) is 1.94. The minimum Gasteiger partial charge on any atom is -0.398 e. The number of fused-ring (bicyclic) bond motifs is 1. The Bertz CT molecular complexity index is 492. The van der Waals surface area contributed by atoms with E-state index >= 15 is 0 Å². The van der Waals surface area contributed by atoms with Crippen LogP contribution in [0.2, 0.25) is 0 Å². The molecule has 3 nitrogen and oxygen atoms in total. The lowest BCUT2D eigenvalue weighted by Gasteiger charge is -2.14. The molecule has 1 aromatic carbocycles. The highest BCUT2D eigenvalue weighted by Crippen LogP contribution is 2.37. The Labute approximate surface area is 92.3 Å². The summed E-state index contributed by atoms with van der Waals surface area (Å²) in [6, 6.07) is 8.39. The van der Waals surface area contributed by atoms with E-state index in [1.54, 1.807) is 11.8 Å². The van der Waals surface area contributed by atoms with E-state index in [0.29, 0.717) is 6.04 Å². The van der Waals surface area contributed by atoms with E-state index in [-0.39, 0.29) is 0 Å². The van der Waals surface area contributed by atoms with Gasteiger partial charge in [0.2, 0.25) is 0 Å². The zero-order valence-corrected chi connectivity index (χ0v) is 8.95. The van der Waals surface area contributed by atoms with Crippen LogP contribution in [-0.2, 0) is 0 Å². The van der Waals surface area contributed by atoms with Crippen LogP contribution in [0.25, 0.3) is 0 Å². The quantitative estimate of drug-likeness (QED) is 0.744. The second-order valence-corrected chi connectivity index (χ2v) is 4.56. The van der Waals surface area contributed by atoms with Gasteiger partial charge in [-0.15, -0.1) is 0 Å². The second kappa shape index (κ2) is 3.31. The minimum atomic E-state index is 0.341. The summed E-state index contributed by atoms with van der Waals surface area (Å²) in [5, 5.41) is 1.09. The number of nitrogens with two attached hydrogens (primary N) is 1. The molecule has 0 radical (unpaired) electrons. The summed E-state index contributed by atoms with van der Waals surface area (Å²) in [4.78, 5) is 4.29. The van der Waals surface area contributed by atoms with Crippen molar-refractivity contribution in [3.05, 3.63) is 42.2 Å². The van der Waals surface area contributed by atoms with E-state index in [4.69, 9.17) is 5.73 Å². The predicted molar refractivity (Wildman–Crippen MR) is 61.9 cm³/mol. The van der Waals surface area contributed by atoms with E-state index in [2.05, 4.69) is 15.6 Å². The van der Waals surface area contributed by atoms with Crippen molar-refractivity contribution in [1.29, 1.82) is 0 Å². The van der Waals surface area contributed by atoms with Crippen molar-refractivity contribution >= 4 is 17.4 Å². The molecule has 2 aromatic rings. The van der Waals surface area contributed by atoms with Gasteiger partial charge in [0.15, 0.2) is 5.16 Å². The minimum absolute atomic E-state index is 0.341. The Morgan fingerprint density at radius 3 is 3.13 bits per heavy atom. The summed E-state index contributed by atoms with van der Waals surface area (Å²) in [5.74, 6) is 1.03. The lowest BCUT2D eigenvalue weighted by Crippen LogP contribution is -2.09. The SMILES string of the molecule is Nc1ccccc1C1CSc2nccn21. The van der Waals surface area contributed by atoms with E-state index in [1.165, 1.54) is 5.56 Å². The molecule has 0 saturated heterocycles. The fourth-order valence-corrected chi connectivity index (χ4v) is 3.06. The molecule has 0 spiro atoms. The molecule has 0 bridgehead atoms. The van der Waals surface area contributed by atoms with Crippen molar-refractivity contribution < 1.29 is 0 Å². The zero-order chi connectivity index (χ0) is 10.3. The first-order chi connectivity index (χ1) is 7.36. The molecule has 0 fully saturated rings. The van der Waals surface area contributed by atoms with Gasteiger partial charge in [0, 0.05) is 23.8 Å². The summed E-state index contributed by atoms with van der Waals surface area (Å²) >= 11 is 1.78. The van der Waals surface area contributed by atoms with Crippen molar-refractivity contribution in [2.45, 2.75) is 11.2 Å². The number of nitrogen functional groups attached to an aromatic ring is 1. The number of aromatic nitrogens is 2. The van der Waals surface area contributed by atoms with Crippen LogP contribution in [0.3, 0.4) is 0 Å². The van der Waals surface area contributed by atoms with Crippen LogP contribution in [0.1, 0.15) is 11.6 Å². The Kier molecular flexibility index (Phi) is 1.95. The number of anilines is 1. The second-order valence-electron chi connectivity index (χ2n) is 3.57. The standard InChI is InChI=1S/C11H11N3S/c12-9-4-2-1-3-8(9)10-7-15-11-13-5-6-14(10)11/h1-6,10H,7,12H2. The monoisotopic (exact) mass is 217 g/mol. The maximum atomic E-state index is 5.98. The lowest BCUT2D eigenvalue weighted by molar-refractivity contribution is 0.619. The largest absolute Gasteiger partial charge is 0.398 e. The smallest absolute Gasteiger partial charge is 0.168 e. The third-order valence-corrected chi connectivity index (χ3v) is 3.75. The molecular weight excluding hydrogens is 206 g/mol. The molecule has 15 heavy (non-hydrogen) atoms. The highest BCUT2D eigenvalue weighted by Gasteiger charge is 2.25. The molecule has 1 aliphatic rings. The third-order valence-electron chi connectivity index (χ3n) is 2.69. The Balaban J connectivity index is 2.08. The normalized spacial score (nSPS) is 19.1. The predicted octanol–water partition coefficient (Wildman–Crippen LogP) is 2.16. The fraction of sp³-hybridized carbons (Fsp3) is 0.182. The molecule has 1 aromatic heterocycles. The van der Waals surface area contributed by atoms with Gasteiger partial charge in [0.25, 0.3) is 0 Å². The van der Waals surface area contributed by atoms with Gasteiger partial charge in [-0.25, -0.2) is 4.98 Å². The molecule has 1 atom stereocenters. The van der Waals surface area contributed by atoms with Crippen molar-refractivity contribution in [1.82, 2.24) is 9.55 Å². The lowest BCUT2D eigenvalue weighted by atomic mass is 10.1. The van der Waals surface area contributed by atoms with Gasteiger partial charge in [0.05, 0.1) is 6.04 Å². The van der Waals surface area contributed by atoms with Crippen LogP contribution in [0.15, 0.2) is 41.8 Å². The van der Waals surface area contributed by atoms with Crippen LogP contribution in [0.4, 0.5) is 5.69 Å². The molecule has 76 valence electrons. The summed E-state index contributed by atoms with van der Waals surface area (Å²) in [7, 11) is 0. The number of imidazole rings is 1. The maximum absolute atomic E-state index is 5.98. The molecule has 1 unspecified atom stereocenters. The summed E-state index contributed by atoms with van der Waals surface area (Å²) in [5.41, 5.74) is 8.04. The molecule has 2 N–H and O–H groups in total. The van der Waals surface area contributed by atoms with E-state index in [1.807, 2.05) is 30.6 Å². The molecule has 2 heterocycles. The average Bonchev–Trinajstić information content (AvgIpc) is 2.80. The van der Waals surface area contributed by atoms with Crippen LogP contribution >= 0.6 is 11.8 Å². The Morgan fingerprint density at radius 2 is 2.27 bits per heavy atom. The molecular formula is C11H11N3S. The van der Waals surface area contributed by atoms with Gasteiger partial charge in [-0.05, 0) is 11.6 Å². The van der Waals surface area contributed by atoms with Crippen LogP contribution in [0, 0.1) is 0 Å². The van der Waals surface area contributed by atoms with Crippen molar-refractivity contribution in [2.24, 2.45) is 0 Å². The number of hydrogen-bond donors (Lipinski definition) is 1. The highest BCUT2D eigenvalue weighted by atomic mass is 32.2. The van der Waals surface area contributed by atoms with Gasteiger partial charge in [-0.2, -0.15) is 0 Å². The first-order valence-corrected chi connectivity index (χ1v) is 5.85. The van der Waals surface area contributed by atoms with Crippen LogP contribution in [-0.4, -0.2) is 15.3 Å². The molecule has 0 saturated carbocycles. The van der Waals surface area contributed by atoms with Gasteiger partial charge >= 0.3 is 0 Å². The number of hydrogen-bond acceptors (Lipinski definition) is 3. The van der Waals surface area contributed by atoms with Gasteiger partial charge in [-0.3, -0.25) is 0 Å². The first kappa shape index (κ1) is 8.85. The van der Waals surface area contributed by atoms with Crippen molar-refractivity contribution in [3.8, 4) is 0 Å². The molecule has 3 rings (SSSR count). The highest BCUT2D eigenvalue weighted by molar-refractivity contribution is 7.99. The maximum Gasteiger partial charge on any atom is 0.168 e. The van der Waals surface area contributed by atoms with Gasteiger partial charge in [-0.1, -0.05) is 30.0 Å². The van der Waals surface area contributed by atoms with E-state index < -0.39 is 0 Å². The molecule has 0 aliphatic carbocycles. The van der Waals surface area contributed by atoms with E-state index in [0.717, 1.165) is 16.6 Å². The van der Waals surface area contributed by atoms with Crippen molar-refractivity contribution in [2.75, 3.05) is 11.5 Å². The Morgan fingerprint density at radius 1 is 1.40 bits per heavy atom. The number of rotatable bonds is 1. The van der Waals surface area contributed by atoms with E-state index in [9.17, 15) is 0 Å². The summed E-state index contributed by atoms with van der Waals surface area (Å²) < 4.78 is 2.19.